The summed E-state index contributed by atoms with van der Waals surface area (Å²) in [6.45, 7) is 4.22. The molecule has 6 heteroatoms. The Morgan fingerprint density at radius 3 is 2.34 bits per heavy atom. The van der Waals surface area contributed by atoms with Crippen LogP contribution in [0.4, 0.5) is 14.6 Å². The molecule has 0 fully saturated rings. The average molecular weight is 470 g/mol. The maximum Gasteiger partial charge on any atom is 0.251 e. The van der Waals surface area contributed by atoms with Crippen LogP contribution in [0.15, 0.2) is 60.7 Å². The Hall–Kier alpha value is -4.06. The quantitative estimate of drug-likeness (QED) is 0.357. The van der Waals surface area contributed by atoms with Gasteiger partial charge in [0, 0.05) is 29.4 Å². The van der Waals surface area contributed by atoms with Crippen molar-refractivity contribution >= 4 is 11.7 Å². The Balaban J connectivity index is 1.34. The predicted molar refractivity (Wildman–Crippen MR) is 133 cm³/mol. The monoisotopic (exact) mass is 469 g/mol. The molecule has 0 saturated heterocycles. The molecule has 0 bridgehead atoms. The number of halogens is 2. The van der Waals surface area contributed by atoms with E-state index >= 15 is 0 Å². The first-order valence-corrected chi connectivity index (χ1v) is 11.5. The van der Waals surface area contributed by atoms with E-state index < -0.39 is 11.6 Å². The van der Waals surface area contributed by atoms with Crippen LogP contribution < -0.4 is 11.1 Å². The number of carbonyl (C=O) groups excluding carboxylic acids is 1. The lowest BCUT2D eigenvalue weighted by Crippen LogP contribution is -2.24. The number of hydrogen-bond donors (Lipinski definition) is 2. The van der Waals surface area contributed by atoms with Gasteiger partial charge in [0.25, 0.3) is 5.91 Å². The van der Waals surface area contributed by atoms with Gasteiger partial charge >= 0.3 is 0 Å². The number of nitrogens with zero attached hydrogens (tertiary/aromatic N) is 1. The third-order valence-corrected chi connectivity index (χ3v) is 6.68. The van der Waals surface area contributed by atoms with Crippen LogP contribution in [0.1, 0.15) is 49.4 Å². The second kappa shape index (κ2) is 8.95. The number of rotatable bonds is 4. The number of aromatic nitrogens is 1. The van der Waals surface area contributed by atoms with Gasteiger partial charge in [-0.05, 0) is 96.0 Å². The molecule has 0 aliphatic heterocycles. The van der Waals surface area contributed by atoms with Gasteiger partial charge in [-0.15, -0.1) is 0 Å². The number of fused-ring (bicyclic) bond motifs is 2. The second-order valence-electron chi connectivity index (χ2n) is 9.06. The third-order valence-electron chi connectivity index (χ3n) is 6.68. The molecule has 3 aromatic carbocycles. The Kier molecular flexibility index (Phi) is 5.81. The molecule has 5 rings (SSSR count). The van der Waals surface area contributed by atoms with Crippen LogP contribution in [0.3, 0.4) is 0 Å². The molecule has 1 heterocycles. The fraction of sp³-hybridized carbons (Fsp3) is 0.172. The average Bonchev–Trinajstić information content (AvgIpc) is 2.81. The highest BCUT2D eigenvalue weighted by Crippen LogP contribution is 2.32. The van der Waals surface area contributed by atoms with E-state index in [1.54, 1.807) is 6.07 Å². The van der Waals surface area contributed by atoms with Crippen molar-refractivity contribution in [2.24, 2.45) is 0 Å². The summed E-state index contributed by atoms with van der Waals surface area (Å²) in [7, 11) is 0. The van der Waals surface area contributed by atoms with Gasteiger partial charge in [-0.1, -0.05) is 24.3 Å². The zero-order valence-corrected chi connectivity index (χ0v) is 19.6. The highest BCUT2D eigenvalue weighted by atomic mass is 19.1. The van der Waals surface area contributed by atoms with Crippen molar-refractivity contribution in [1.29, 1.82) is 0 Å². The minimum absolute atomic E-state index is 0.142. The number of nitrogen functional groups attached to an aromatic ring is 1. The SMILES string of the molecule is Cc1cc(N)nc(C)c1CNC(=O)c1ccc2c(c1)Cc1ccc(-c3ccc(F)cc3F)cc1C2. The van der Waals surface area contributed by atoms with Crippen LogP contribution in [0.25, 0.3) is 11.1 Å². The maximum absolute atomic E-state index is 14.3. The Morgan fingerprint density at radius 2 is 1.63 bits per heavy atom. The summed E-state index contributed by atoms with van der Waals surface area (Å²) in [5.74, 6) is -0.832. The zero-order chi connectivity index (χ0) is 24.7. The van der Waals surface area contributed by atoms with Gasteiger partial charge in [0.05, 0.1) is 0 Å². The van der Waals surface area contributed by atoms with E-state index in [1.807, 2.05) is 50.2 Å². The van der Waals surface area contributed by atoms with Crippen molar-refractivity contribution in [2.75, 3.05) is 5.73 Å². The molecule has 4 nitrogen and oxygen atoms in total. The lowest BCUT2D eigenvalue weighted by atomic mass is 9.83. The maximum atomic E-state index is 14.3. The van der Waals surface area contributed by atoms with E-state index in [2.05, 4.69) is 10.3 Å². The van der Waals surface area contributed by atoms with Crippen molar-refractivity contribution in [3.63, 3.8) is 0 Å². The molecule has 35 heavy (non-hydrogen) atoms. The van der Waals surface area contributed by atoms with Gasteiger partial charge < -0.3 is 11.1 Å². The zero-order valence-electron chi connectivity index (χ0n) is 19.6. The summed E-state index contributed by atoms with van der Waals surface area (Å²) in [5, 5.41) is 3.00. The molecule has 0 atom stereocenters. The number of nitrogens with one attached hydrogen (secondary N) is 1. The number of benzene rings is 3. The molecule has 1 aromatic heterocycles. The number of pyridine rings is 1. The summed E-state index contributed by atoms with van der Waals surface area (Å²) in [6, 6.07) is 17.0. The van der Waals surface area contributed by atoms with Crippen molar-refractivity contribution in [1.82, 2.24) is 10.3 Å². The normalized spacial score (nSPS) is 12.1. The molecule has 4 aromatic rings. The summed E-state index contributed by atoms with van der Waals surface area (Å²) >= 11 is 0. The Labute approximate surface area is 202 Å². The molecule has 0 spiro atoms. The van der Waals surface area contributed by atoms with Crippen molar-refractivity contribution < 1.29 is 13.6 Å². The molecule has 1 aliphatic rings. The van der Waals surface area contributed by atoms with E-state index in [4.69, 9.17) is 5.73 Å². The topological polar surface area (TPSA) is 68.0 Å². The minimum atomic E-state index is -0.589. The lowest BCUT2D eigenvalue weighted by Gasteiger charge is -2.21. The smallest absolute Gasteiger partial charge is 0.251 e. The van der Waals surface area contributed by atoms with Crippen molar-refractivity contribution in [2.45, 2.75) is 33.2 Å². The highest BCUT2D eigenvalue weighted by molar-refractivity contribution is 5.94. The second-order valence-corrected chi connectivity index (χ2v) is 9.06. The first-order valence-electron chi connectivity index (χ1n) is 11.5. The van der Waals surface area contributed by atoms with E-state index in [0.29, 0.717) is 36.3 Å². The summed E-state index contributed by atoms with van der Waals surface area (Å²) in [5.41, 5.74) is 14.8. The van der Waals surface area contributed by atoms with E-state index in [-0.39, 0.29) is 5.91 Å². The van der Waals surface area contributed by atoms with Gasteiger partial charge in [-0.25, -0.2) is 13.8 Å². The first-order chi connectivity index (χ1) is 16.8. The largest absolute Gasteiger partial charge is 0.384 e. The molecule has 0 saturated carbocycles. The van der Waals surface area contributed by atoms with E-state index in [0.717, 1.165) is 50.7 Å². The molecular weight excluding hydrogens is 444 g/mol. The van der Waals surface area contributed by atoms with Crippen LogP contribution >= 0.6 is 0 Å². The predicted octanol–water partition coefficient (Wildman–Crippen LogP) is 5.65. The Bertz CT molecular complexity index is 1460. The number of nitrogens with two attached hydrogens (primary N) is 1. The third kappa shape index (κ3) is 4.52. The standard InChI is InChI=1S/C29H25F2N3O/c1-16-9-28(32)34-17(2)26(16)15-33-29(35)21-6-4-19-10-22-12-20(5-3-18(22)11-23(19)13-21)25-8-7-24(30)14-27(25)31/h3-9,12-14H,10-11,15H2,1-2H3,(H2,32,34)(H,33,35). The Morgan fingerprint density at radius 1 is 0.914 bits per heavy atom. The van der Waals surface area contributed by atoms with Gasteiger partial charge in [-0.2, -0.15) is 0 Å². The molecule has 0 radical (unpaired) electrons. The van der Waals surface area contributed by atoms with Gasteiger partial charge in [0.2, 0.25) is 0 Å². The summed E-state index contributed by atoms with van der Waals surface area (Å²) < 4.78 is 27.6. The van der Waals surface area contributed by atoms with Crippen molar-refractivity contribution in [3.05, 3.63) is 117 Å². The van der Waals surface area contributed by atoms with Gasteiger partial charge in [0.15, 0.2) is 0 Å². The lowest BCUT2D eigenvalue weighted by molar-refractivity contribution is 0.0950. The number of hydrogen-bond acceptors (Lipinski definition) is 3. The van der Waals surface area contributed by atoms with E-state index in [1.165, 1.54) is 12.1 Å². The molecule has 1 amide bonds. The van der Waals surface area contributed by atoms with E-state index in [9.17, 15) is 13.6 Å². The molecule has 0 unspecified atom stereocenters. The summed E-state index contributed by atoms with van der Waals surface area (Å²) in [6.07, 6.45) is 1.39. The fourth-order valence-corrected chi connectivity index (χ4v) is 4.79. The summed E-state index contributed by atoms with van der Waals surface area (Å²) in [4.78, 5) is 17.2. The molecular formula is C29H25F2N3O. The minimum Gasteiger partial charge on any atom is -0.384 e. The number of aryl methyl sites for hydroxylation is 2. The van der Waals surface area contributed by atoms with Gasteiger partial charge in [-0.3, -0.25) is 4.79 Å². The van der Waals surface area contributed by atoms with Crippen molar-refractivity contribution in [3.8, 4) is 11.1 Å². The number of anilines is 1. The number of carbonyl (C=O) groups is 1. The first kappa shape index (κ1) is 22.7. The fourth-order valence-electron chi connectivity index (χ4n) is 4.79. The molecule has 1 aliphatic carbocycles. The van der Waals surface area contributed by atoms with Crippen LogP contribution in [0.5, 0.6) is 0 Å². The molecule has 3 N–H and O–H groups in total. The molecule has 176 valence electrons. The van der Waals surface area contributed by atoms with Crippen LogP contribution in [0.2, 0.25) is 0 Å². The van der Waals surface area contributed by atoms with Gasteiger partial charge in [0.1, 0.15) is 17.5 Å². The number of amides is 1. The van der Waals surface area contributed by atoms with Crippen LogP contribution in [-0.4, -0.2) is 10.9 Å². The van der Waals surface area contributed by atoms with Crippen LogP contribution in [0, 0.1) is 25.5 Å². The highest BCUT2D eigenvalue weighted by Gasteiger charge is 2.19. The van der Waals surface area contributed by atoms with Crippen LogP contribution in [-0.2, 0) is 19.4 Å².